The van der Waals surface area contributed by atoms with Crippen LogP contribution in [0, 0.1) is 11.8 Å². The molecule has 144 valence electrons. The molecule has 4 aromatic carbocycles. The maximum Gasteiger partial charge on any atom is 0.119 e. The van der Waals surface area contributed by atoms with Crippen molar-refractivity contribution in [2.45, 2.75) is 17.9 Å². The van der Waals surface area contributed by atoms with Crippen LogP contribution in [0.4, 0.5) is 0 Å². The maximum absolute atomic E-state index is 12.3. The molecule has 0 saturated heterocycles. The number of rotatable bonds is 2. The van der Waals surface area contributed by atoms with Gasteiger partial charge in [0, 0.05) is 11.8 Å². The third-order valence-electron chi connectivity index (χ3n) is 7.65. The molecule has 0 aliphatic heterocycles. The number of fused-ring (bicyclic) bond motifs is 6. The quantitative estimate of drug-likeness (QED) is 0.425. The van der Waals surface area contributed by atoms with Crippen LogP contribution in [0.25, 0.3) is 22.3 Å². The molecule has 30 heavy (non-hydrogen) atoms. The first-order valence-electron chi connectivity index (χ1n) is 10.9. The molecule has 0 aromatic heterocycles. The Kier molecular flexibility index (Phi) is 3.16. The average molecular weight is 386 g/mol. The fourth-order valence-electron chi connectivity index (χ4n) is 6.36. The summed E-state index contributed by atoms with van der Waals surface area (Å²) in [6.07, 6.45) is 1.05. The Morgan fingerprint density at radius 3 is 1.53 bits per heavy atom. The summed E-state index contributed by atoms with van der Waals surface area (Å²) in [5.41, 5.74) is 9.22. The molecular weight excluding hydrogens is 364 g/mol. The van der Waals surface area contributed by atoms with Gasteiger partial charge in [-0.3, -0.25) is 0 Å². The van der Waals surface area contributed by atoms with Gasteiger partial charge in [0.05, 0.1) is 0 Å². The zero-order chi connectivity index (χ0) is 19.9. The molecule has 2 unspecified atom stereocenters. The zero-order valence-corrected chi connectivity index (χ0v) is 16.6. The van der Waals surface area contributed by atoms with Crippen LogP contribution >= 0.6 is 0 Å². The van der Waals surface area contributed by atoms with E-state index >= 15 is 0 Å². The van der Waals surface area contributed by atoms with Crippen LogP contribution in [0.15, 0.2) is 97.1 Å². The van der Waals surface area contributed by atoms with Gasteiger partial charge in [0.25, 0.3) is 0 Å². The molecule has 3 aliphatic carbocycles. The van der Waals surface area contributed by atoms with E-state index in [0.29, 0.717) is 11.8 Å². The van der Waals surface area contributed by atoms with E-state index in [9.17, 15) is 5.11 Å². The van der Waals surface area contributed by atoms with Gasteiger partial charge >= 0.3 is 0 Å². The van der Waals surface area contributed by atoms with Gasteiger partial charge in [-0.1, -0.05) is 97.1 Å². The summed E-state index contributed by atoms with van der Waals surface area (Å²) in [4.78, 5) is 0. The molecule has 3 aliphatic rings. The topological polar surface area (TPSA) is 20.2 Å². The van der Waals surface area contributed by atoms with Gasteiger partial charge < -0.3 is 5.11 Å². The summed E-state index contributed by atoms with van der Waals surface area (Å²) >= 11 is 0. The Morgan fingerprint density at radius 1 is 0.567 bits per heavy atom. The van der Waals surface area contributed by atoms with Crippen molar-refractivity contribution in [2.75, 3.05) is 0 Å². The first kappa shape index (κ1) is 16.6. The average Bonchev–Trinajstić information content (AvgIpc) is 3.47. The standard InChI is InChI=1S/C29H22O/c30-29(25-15-7-5-11-20(25)21-12-6-8-16-26(21)29)27-17-24(27)28-22-13-3-1-9-18(22)19-10-2-4-14-23(19)28/h1-16,24,27-28,30H,17H2. The molecule has 2 atom stereocenters. The SMILES string of the molecule is OC1(C2CC2C2c3ccccc3-c3ccccc32)c2ccccc2-c2ccccc21. The van der Waals surface area contributed by atoms with Gasteiger partial charge in [0.15, 0.2) is 0 Å². The Hall–Kier alpha value is -3.16. The minimum atomic E-state index is -0.898. The van der Waals surface area contributed by atoms with Crippen molar-refractivity contribution in [3.8, 4) is 22.3 Å². The van der Waals surface area contributed by atoms with E-state index in [1.165, 1.54) is 33.4 Å². The van der Waals surface area contributed by atoms with Crippen molar-refractivity contribution >= 4 is 0 Å². The summed E-state index contributed by atoms with van der Waals surface area (Å²) in [5, 5.41) is 12.3. The lowest BCUT2D eigenvalue weighted by atomic mass is 9.82. The highest BCUT2D eigenvalue weighted by Gasteiger charge is 2.60. The molecule has 0 amide bonds. The molecule has 1 N–H and O–H groups in total. The number of benzene rings is 4. The largest absolute Gasteiger partial charge is 0.380 e. The molecule has 0 radical (unpaired) electrons. The van der Waals surface area contributed by atoms with Crippen molar-refractivity contribution < 1.29 is 5.11 Å². The third kappa shape index (κ3) is 1.96. The van der Waals surface area contributed by atoms with E-state index in [4.69, 9.17) is 0 Å². The molecule has 1 fully saturated rings. The van der Waals surface area contributed by atoms with Crippen molar-refractivity contribution in [3.63, 3.8) is 0 Å². The van der Waals surface area contributed by atoms with E-state index < -0.39 is 5.60 Å². The lowest BCUT2D eigenvalue weighted by Crippen LogP contribution is -2.29. The van der Waals surface area contributed by atoms with Crippen LogP contribution in [-0.4, -0.2) is 5.11 Å². The predicted octanol–water partition coefficient (Wildman–Crippen LogP) is 6.35. The number of hydrogen-bond acceptors (Lipinski definition) is 1. The van der Waals surface area contributed by atoms with Gasteiger partial charge in [0.1, 0.15) is 5.60 Å². The Morgan fingerprint density at radius 2 is 1.00 bits per heavy atom. The van der Waals surface area contributed by atoms with Crippen molar-refractivity contribution in [1.82, 2.24) is 0 Å². The van der Waals surface area contributed by atoms with E-state index in [0.717, 1.165) is 17.5 Å². The minimum absolute atomic E-state index is 0.228. The van der Waals surface area contributed by atoms with Crippen molar-refractivity contribution in [2.24, 2.45) is 11.8 Å². The van der Waals surface area contributed by atoms with E-state index in [-0.39, 0.29) is 5.92 Å². The van der Waals surface area contributed by atoms with Crippen LogP contribution < -0.4 is 0 Å². The Labute approximate surface area is 176 Å². The highest BCUT2D eigenvalue weighted by molar-refractivity contribution is 5.82. The number of hydrogen-bond donors (Lipinski definition) is 1. The van der Waals surface area contributed by atoms with Gasteiger partial charge in [-0.25, -0.2) is 0 Å². The molecule has 1 saturated carbocycles. The lowest BCUT2D eigenvalue weighted by Gasteiger charge is -2.28. The predicted molar refractivity (Wildman–Crippen MR) is 120 cm³/mol. The molecule has 0 bridgehead atoms. The highest BCUT2D eigenvalue weighted by Crippen LogP contribution is 2.66. The molecule has 4 aromatic rings. The maximum atomic E-state index is 12.3. The summed E-state index contributed by atoms with van der Waals surface area (Å²) < 4.78 is 0. The molecule has 1 nitrogen and oxygen atoms in total. The Bertz CT molecular complexity index is 1230. The van der Waals surface area contributed by atoms with E-state index in [1.807, 2.05) is 0 Å². The van der Waals surface area contributed by atoms with Gasteiger partial charge in [-0.15, -0.1) is 0 Å². The molecular formula is C29H22O. The van der Waals surface area contributed by atoms with E-state index in [1.54, 1.807) is 0 Å². The molecule has 0 heterocycles. The molecule has 7 rings (SSSR count). The van der Waals surface area contributed by atoms with Gasteiger partial charge in [-0.05, 0) is 56.8 Å². The summed E-state index contributed by atoms with van der Waals surface area (Å²) in [6, 6.07) is 34.5. The van der Waals surface area contributed by atoms with E-state index in [2.05, 4.69) is 97.1 Å². The van der Waals surface area contributed by atoms with Gasteiger partial charge in [0.2, 0.25) is 0 Å². The first-order chi connectivity index (χ1) is 14.8. The van der Waals surface area contributed by atoms with Crippen molar-refractivity contribution in [1.29, 1.82) is 0 Å². The second kappa shape index (κ2) is 5.71. The summed E-state index contributed by atoms with van der Waals surface area (Å²) in [7, 11) is 0. The normalized spacial score (nSPS) is 22.2. The first-order valence-corrected chi connectivity index (χ1v) is 10.9. The molecule has 0 spiro atoms. The van der Waals surface area contributed by atoms with Crippen LogP contribution in [-0.2, 0) is 5.60 Å². The smallest absolute Gasteiger partial charge is 0.119 e. The van der Waals surface area contributed by atoms with Crippen molar-refractivity contribution in [3.05, 3.63) is 119 Å². The summed E-state index contributed by atoms with van der Waals surface area (Å²) in [6.45, 7) is 0. The third-order valence-corrected chi connectivity index (χ3v) is 7.65. The van der Waals surface area contributed by atoms with Crippen LogP contribution in [0.5, 0.6) is 0 Å². The number of aliphatic hydroxyl groups is 1. The lowest BCUT2D eigenvalue weighted by molar-refractivity contribution is 0.0542. The molecule has 1 heteroatoms. The zero-order valence-electron chi connectivity index (χ0n) is 16.6. The highest BCUT2D eigenvalue weighted by atomic mass is 16.3. The second-order valence-corrected chi connectivity index (χ2v) is 9.02. The summed E-state index contributed by atoms with van der Waals surface area (Å²) in [5.74, 6) is 1.04. The Balaban J connectivity index is 1.37. The monoisotopic (exact) mass is 386 g/mol. The van der Waals surface area contributed by atoms with Crippen LogP contribution in [0.2, 0.25) is 0 Å². The fourth-order valence-corrected chi connectivity index (χ4v) is 6.36. The van der Waals surface area contributed by atoms with Gasteiger partial charge in [-0.2, -0.15) is 0 Å². The fraction of sp³-hybridized carbons (Fsp3) is 0.172. The van der Waals surface area contributed by atoms with Crippen LogP contribution in [0.3, 0.4) is 0 Å². The minimum Gasteiger partial charge on any atom is -0.380 e. The van der Waals surface area contributed by atoms with Crippen LogP contribution in [0.1, 0.15) is 34.6 Å². The second-order valence-electron chi connectivity index (χ2n) is 9.02.